The average Bonchev–Trinajstić information content (AvgIpc) is 2.66. The maximum absolute atomic E-state index is 14.1. The molecule has 7 heteroatoms. The van der Waals surface area contributed by atoms with Crippen molar-refractivity contribution in [2.24, 2.45) is 0 Å². The van der Waals surface area contributed by atoms with Crippen LogP contribution in [0.25, 0.3) is 0 Å². The highest BCUT2D eigenvalue weighted by Gasteiger charge is 2.13. The van der Waals surface area contributed by atoms with Crippen LogP contribution in [0.5, 0.6) is 6.01 Å². The normalized spacial score (nSPS) is 10.7. The van der Waals surface area contributed by atoms with E-state index >= 15 is 0 Å². The van der Waals surface area contributed by atoms with Gasteiger partial charge in [0, 0.05) is 0 Å². The lowest BCUT2D eigenvalue weighted by atomic mass is 10.2. The van der Waals surface area contributed by atoms with Crippen molar-refractivity contribution in [2.45, 2.75) is 19.8 Å². The predicted molar refractivity (Wildman–Crippen MR) is 92.1 cm³/mol. The fraction of sp³-hybridized carbons (Fsp3) is 0.158. The first kappa shape index (κ1) is 17.8. The summed E-state index contributed by atoms with van der Waals surface area (Å²) in [6.07, 6.45) is 0. The van der Waals surface area contributed by atoms with Gasteiger partial charge in [-0.1, -0.05) is 42.5 Å². The Bertz CT molecular complexity index is 859. The van der Waals surface area contributed by atoms with Gasteiger partial charge in [-0.05, 0) is 23.3 Å². The molecule has 2 aromatic carbocycles. The average molecular weight is 357 g/mol. The molecule has 26 heavy (non-hydrogen) atoms. The van der Waals surface area contributed by atoms with Gasteiger partial charge >= 0.3 is 6.01 Å². The number of nitrogen functional groups attached to an aromatic ring is 1. The third kappa shape index (κ3) is 4.73. The van der Waals surface area contributed by atoms with E-state index in [-0.39, 0.29) is 36.6 Å². The first-order chi connectivity index (χ1) is 12.6. The fourth-order valence-corrected chi connectivity index (χ4v) is 2.22. The molecule has 0 atom stereocenters. The van der Waals surface area contributed by atoms with Crippen molar-refractivity contribution in [1.29, 1.82) is 0 Å². The number of anilines is 1. The van der Waals surface area contributed by atoms with Gasteiger partial charge in [0.05, 0.1) is 13.2 Å². The number of halogens is 2. The second-order valence-corrected chi connectivity index (χ2v) is 5.55. The van der Waals surface area contributed by atoms with Crippen molar-refractivity contribution in [2.75, 3.05) is 5.73 Å². The SMILES string of the molecule is Nc1nc(OCc2ccc(F)cc2)nc(COCc2ccccc2)c1F. The van der Waals surface area contributed by atoms with Crippen LogP contribution in [0, 0.1) is 11.6 Å². The highest BCUT2D eigenvalue weighted by molar-refractivity contribution is 5.33. The highest BCUT2D eigenvalue weighted by atomic mass is 19.1. The molecule has 0 saturated carbocycles. The van der Waals surface area contributed by atoms with E-state index in [2.05, 4.69) is 9.97 Å². The Morgan fingerprint density at radius 3 is 2.23 bits per heavy atom. The van der Waals surface area contributed by atoms with Crippen LogP contribution in [0.4, 0.5) is 14.6 Å². The Hall–Kier alpha value is -3.06. The summed E-state index contributed by atoms with van der Waals surface area (Å²) < 4.78 is 37.9. The Morgan fingerprint density at radius 1 is 0.808 bits per heavy atom. The largest absolute Gasteiger partial charge is 0.459 e. The lowest BCUT2D eigenvalue weighted by Crippen LogP contribution is -2.09. The molecule has 134 valence electrons. The molecule has 0 amide bonds. The van der Waals surface area contributed by atoms with Gasteiger partial charge in [0.2, 0.25) is 0 Å². The topological polar surface area (TPSA) is 70.3 Å². The van der Waals surface area contributed by atoms with Gasteiger partial charge in [-0.2, -0.15) is 9.97 Å². The summed E-state index contributed by atoms with van der Waals surface area (Å²) in [5.74, 6) is -1.38. The number of rotatable bonds is 7. The molecule has 5 nitrogen and oxygen atoms in total. The van der Waals surface area contributed by atoms with Crippen molar-refractivity contribution in [3.05, 3.63) is 83.1 Å². The number of benzene rings is 2. The van der Waals surface area contributed by atoms with Crippen LogP contribution in [-0.2, 0) is 24.6 Å². The fourth-order valence-electron chi connectivity index (χ4n) is 2.22. The molecule has 0 radical (unpaired) electrons. The van der Waals surface area contributed by atoms with Crippen LogP contribution in [0.15, 0.2) is 54.6 Å². The van der Waals surface area contributed by atoms with Crippen LogP contribution >= 0.6 is 0 Å². The van der Waals surface area contributed by atoms with Gasteiger partial charge < -0.3 is 15.2 Å². The number of nitrogens with zero attached hydrogens (tertiary/aromatic N) is 2. The molecule has 3 rings (SSSR count). The molecule has 0 spiro atoms. The highest BCUT2D eigenvalue weighted by Crippen LogP contribution is 2.18. The number of ether oxygens (including phenoxy) is 2. The summed E-state index contributed by atoms with van der Waals surface area (Å²) in [4.78, 5) is 7.78. The predicted octanol–water partition coefficient (Wildman–Crippen LogP) is 3.63. The van der Waals surface area contributed by atoms with E-state index in [9.17, 15) is 8.78 Å². The smallest absolute Gasteiger partial charge is 0.319 e. The first-order valence-electron chi connectivity index (χ1n) is 7.92. The summed E-state index contributed by atoms with van der Waals surface area (Å²) in [5, 5.41) is 0. The lowest BCUT2D eigenvalue weighted by Gasteiger charge is -2.10. The lowest BCUT2D eigenvalue weighted by molar-refractivity contribution is 0.101. The van der Waals surface area contributed by atoms with Crippen molar-refractivity contribution < 1.29 is 18.3 Å². The maximum Gasteiger partial charge on any atom is 0.319 e. The summed E-state index contributed by atoms with van der Waals surface area (Å²) in [5.41, 5.74) is 7.28. The van der Waals surface area contributed by atoms with Crippen LogP contribution in [0.2, 0.25) is 0 Å². The van der Waals surface area contributed by atoms with Crippen molar-refractivity contribution in [3.63, 3.8) is 0 Å². The standard InChI is InChI=1S/C19H17F2N3O2/c20-15-8-6-14(7-9-15)11-26-19-23-16(17(21)18(22)24-19)12-25-10-13-4-2-1-3-5-13/h1-9H,10-12H2,(H2,22,23,24). The zero-order valence-corrected chi connectivity index (χ0v) is 13.9. The minimum absolute atomic E-state index is 0.0162. The molecule has 1 heterocycles. The van der Waals surface area contributed by atoms with Gasteiger partial charge in [0.15, 0.2) is 11.6 Å². The number of hydrogen-bond donors (Lipinski definition) is 1. The van der Waals surface area contributed by atoms with Crippen LogP contribution in [0.3, 0.4) is 0 Å². The molecule has 0 aliphatic heterocycles. The quantitative estimate of drug-likeness (QED) is 0.699. The Kier molecular flexibility index (Phi) is 5.70. The van der Waals surface area contributed by atoms with Gasteiger partial charge in [-0.3, -0.25) is 0 Å². The van der Waals surface area contributed by atoms with Crippen molar-refractivity contribution in [3.8, 4) is 6.01 Å². The monoisotopic (exact) mass is 357 g/mol. The van der Waals surface area contributed by atoms with E-state index in [1.165, 1.54) is 12.1 Å². The molecule has 0 unspecified atom stereocenters. The molecule has 0 aliphatic rings. The first-order valence-corrected chi connectivity index (χ1v) is 7.92. The number of hydrogen-bond acceptors (Lipinski definition) is 5. The summed E-state index contributed by atoms with van der Waals surface area (Å²) in [6.45, 7) is 0.353. The molecule has 0 saturated heterocycles. The molecule has 3 aromatic rings. The zero-order valence-electron chi connectivity index (χ0n) is 13.9. The Morgan fingerprint density at radius 2 is 1.50 bits per heavy atom. The third-order valence-electron chi connectivity index (χ3n) is 3.56. The maximum atomic E-state index is 14.1. The van der Waals surface area contributed by atoms with Crippen molar-refractivity contribution >= 4 is 5.82 Å². The van der Waals surface area contributed by atoms with E-state index in [0.29, 0.717) is 6.61 Å². The van der Waals surface area contributed by atoms with E-state index in [4.69, 9.17) is 15.2 Å². The zero-order chi connectivity index (χ0) is 18.4. The molecule has 0 aliphatic carbocycles. The molecule has 1 aromatic heterocycles. The molecular weight excluding hydrogens is 340 g/mol. The molecule has 2 N–H and O–H groups in total. The second-order valence-electron chi connectivity index (χ2n) is 5.55. The van der Waals surface area contributed by atoms with E-state index in [1.807, 2.05) is 30.3 Å². The van der Waals surface area contributed by atoms with E-state index in [0.717, 1.165) is 11.1 Å². The van der Waals surface area contributed by atoms with Gasteiger partial charge in [-0.25, -0.2) is 8.78 Å². The Labute approximate surface area is 149 Å². The van der Waals surface area contributed by atoms with Gasteiger partial charge in [0.25, 0.3) is 0 Å². The third-order valence-corrected chi connectivity index (χ3v) is 3.56. The van der Waals surface area contributed by atoms with E-state index < -0.39 is 5.82 Å². The molecule has 0 bridgehead atoms. The van der Waals surface area contributed by atoms with Gasteiger partial charge in [-0.15, -0.1) is 0 Å². The van der Waals surface area contributed by atoms with Crippen LogP contribution < -0.4 is 10.5 Å². The van der Waals surface area contributed by atoms with E-state index in [1.54, 1.807) is 12.1 Å². The summed E-state index contributed by atoms with van der Waals surface area (Å²) >= 11 is 0. The van der Waals surface area contributed by atoms with Crippen LogP contribution in [0.1, 0.15) is 16.8 Å². The second kappa shape index (κ2) is 8.35. The van der Waals surface area contributed by atoms with Gasteiger partial charge in [0.1, 0.15) is 18.1 Å². The Balaban J connectivity index is 1.63. The summed E-state index contributed by atoms with van der Waals surface area (Å²) in [7, 11) is 0. The van der Waals surface area contributed by atoms with Crippen molar-refractivity contribution in [1.82, 2.24) is 9.97 Å². The minimum Gasteiger partial charge on any atom is -0.459 e. The van der Waals surface area contributed by atoms with Crippen LogP contribution in [-0.4, -0.2) is 9.97 Å². The summed E-state index contributed by atoms with van der Waals surface area (Å²) in [6, 6.07) is 15.2. The minimum atomic E-state index is -0.729. The number of nitrogens with two attached hydrogens (primary N) is 1. The molecular formula is C19H17F2N3O2. The molecule has 0 fully saturated rings. The number of aromatic nitrogens is 2.